The molecule has 2 rings (SSSR count). The summed E-state index contributed by atoms with van der Waals surface area (Å²) in [6, 6.07) is 3.84. The molecule has 20 heavy (non-hydrogen) atoms. The van der Waals surface area contributed by atoms with E-state index in [1.807, 2.05) is 6.26 Å². The van der Waals surface area contributed by atoms with Crippen LogP contribution in [0.2, 0.25) is 5.02 Å². The summed E-state index contributed by atoms with van der Waals surface area (Å²) in [6.45, 7) is 0.572. The average Bonchev–Trinajstić information content (AvgIpc) is 3.17. The standard InChI is InChI=1S/C13H15ClN2O3S/c1-20-13(4-5-13)7-15-12(19)16-10-6-8(14)2-3-9(10)11(17)18/h2-3,6H,4-5,7H2,1H3,(H,17,18)(H2,15,16,19). The van der Waals surface area contributed by atoms with Gasteiger partial charge in [-0.3, -0.25) is 0 Å². The van der Waals surface area contributed by atoms with Crippen molar-refractivity contribution in [3.05, 3.63) is 28.8 Å². The number of carbonyl (C=O) groups excluding carboxylic acids is 1. The Hall–Kier alpha value is -1.40. The molecule has 5 nitrogen and oxygen atoms in total. The zero-order valence-electron chi connectivity index (χ0n) is 10.9. The maximum absolute atomic E-state index is 11.8. The number of rotatable bonds is 5. The molecule has 3 N–H and O–H groups in total. The van der Waals surface area contributed by atoms with Crippen molar-refractivity contribution in [2.75, 3.05) is 18.1 Å². The summed E-state index contributed by atoms with van der Waals surface area (Å²) < 4.78 is 0.154. The summed E-state index contributed by atoms with van der Waals surface area (Å²) in [5.74, 6) is -1.11. The van der Waals surface area contributed by atoms with Gasteiger partial charge in [0.2, 0.25) is 0 Å². The molecular weight excluding hydrogens is 300 g/mol. The molecule has 0 saturated heterocycles. The van der Waals surface area contributed by atoms with Gasteiger partial charge >= 0.3 is 12.0 Å². The van der Waals surface area contributed by atoms with Gasteiger partial charge in [-0.25, -0.2) is 9.59 Å². The van der Waals surface area contributed by atoms with E-state index in [1.165, 1.54) is 18.2 Å². The van der Waals surface area contributed by atoms with Gasteiger partial charge in [0.15, 0.2) is 0 Å². The minimum Gasteiger partial charge on any atom is -0.478 e. The third-order valence-electron chi connectivity index (χ3n) is 3.27. The molecule has 108 valence electrons. The molecule has 1 saturated carbocycles. The van der Waals surface area contributed by atoms with Crippen molar-refractivity contribution >= 4 is 41.1 Å². The van der Waals surface area contributed by atoms with Crippen molar-refractivity contribution in [2.24, 2.45) is 0 Å². The van der Waals surface area contributed by atoms with Crippen LogP contribution in [-0.4, -0.2) is 34.7 Å². The third kappa shape index (κ3) is 3.58. The molecule has 0 aliphatic heterocycles. The van der Waals surface area contributed by atoms with Crippen LogP contribution in [0, 0.1) is 0 Å². The molecule has 1 aromatic rings. The third-order valence-corrected chi connectivity index (χ3v) is 4.93. The molecule has 1 aliphatic carbocycles. The predicted molar refractivity (Wildman–Crippen MR) is 80.9 cm³/mol. The lowest BCUT2D eigenvalue weighted by Crippen LogP contribution is -2.35. The fourth-order valence-electron chi connectivity index (χ4n) is 1.81. The molecule has 2 amide bonds. The summed E-state index contributed by atoms with van der Waals surface area (Å²) >= 11 is 7.56. The Bertz CT molecular complexity index is 546. The number of nitrogens with one attached hydrogen (secondary N) is 2. The highest BCUT2D eigenvalue weighted by molar-refractivity contribution is 8.00. The number of carboxylic acids is 1. The van der Waals surface area contributed by atoms with E-state index in [2.05, 4.69) is 10.6 Å². The summed E-state index contributed by atoms with van der Waals surface area (Å²) in [7, 11) is 0. The van der Waals surface area contributed by atoms with Crippen LogP contribution >= 0.6 is 23.4 Å². The Balaban J connectivity index is 2.00. The number of amides is 2. The van der Waals surface area contributed by atoms with Crippen LogP contribution in [0.3, 0.4) is 0 Å². The molecule has 1 aromatic carbocycles. The highest BCUT2D eigenvalue weighted by atomic mass is 35.5. The van der Waals surface area contributed by atoms with Crippen LogP contribution in [0.4, 0.5) is 10.5 Å². The molecule has 0 spiro atoms. The molecule has 0 unspecified atom stereocenters. The van der Waals surface area contributed by atoms with Crippen molar-refractivity contribution in [2.45, 2.75) is 17.6 Å². The number of carbonyl (C=O) groups is 2. The van der Waals surface area contributed by atoms with Gasteiger partial charge in [0.25, 0.3) is 0 Å². The molecule has 0 radical (unpaired) electrons. The average molecular weight is 315 g/mol. The van der Waals surface area contributed by atoms with Crippen LogP contribution in [0.1, 0.15) is 23.2 Å². The fraction of sp³-hybridized carbons (Fsp3) is 0.385. The molecule has 7 heteroatoms. The van der Waals surface area contributed by atoms with Crippen LogP contribution < -0.4 is 10.6 Å². The number of anilines is 1. The second-order valence-corrected chi connectivity index (χ2v) is 6.40. The van der Waals surface area contributed by atoms with Crippen molar-refractivity contribution in [1.29, 1.82) is 0 Å². The Morgan fingerprint density at radius 1 is 1.45 bits per heavy atom. The summed E-state index contributed by atoms with van der Waals surface area (Å²) in [6.07, 6.45) is 4.20. The van der Waals surface area contributed by atoms with Gasteiger partial charge in [0, 0.05) is 16.3 Å². The van der Waals surface area contributed by atoms with Gasteiger partial charge in [-0.15, -0.1) is 0 Å². The summed E-state index contributed by atoms with van der Waals surface area (Å²) in [5, 5.41) is 14.7. The van der Waals surface area contributed by atoms with Gasteiger partial charge < -0.3 is 15.7 Å². The van der Waals surface area contributed by atoms with Gasteiger partial charge in [0.1, 0.15) is 0 Å². The molecule has 0 bridgehead atoms. The lowest BCUT2D eigenvalue weighted by molar-refractivity contribution is 0.0698. The Morgan fingerprint density at radius 3 is 2.70 bits per heavy atom. The fourth-order valence-corrected chi connectivity index (χ4v) is 2.71. The van der Waals surface area contributed by atoms with E-state index in [0.29, 0.717) is 11.6 Å². The van der Waals surface area contributed by atoms with Gasteiger partial charge in [-0.1, -0.05) is 11.6 Å². The first-order valence-corrected chi connectivity index (χ1v) is 7.69. The topological polar surface area (TPSA) is 78.4 Å². The molecule has 0 atom stereocenters. The summed E-state index contributed by atoms with van der Waals surface area (Å²) in [4.78, 5) is 22.9. The summed E-state index contributed by atoms with van der Waals surface area (Å²) in [5.41, 5.74) is 0.201. The lowest BCUT2D eigenvalue weighted by Gasteiger charge is -2.14. The molecule has 1 aliphatic rings. The number of benzene rings is 1. The van der Waals surface area contributed by atoms with Gasteiger partial charge in [-0.05, 0) is 37.3 Å². The van der Waals surface area contributed by atoms with Gasteiger partial charge in [-0.2, -0.15) is 11.8 Å². The van der Waals surface area contributed by atoms with E-state index >= 15 is 0 Å². The zero-order valence-corrected chi connectivity index (χ0v) is 12.5. The van der Waals surface area contributed by atoms with Crippen molar-refractivity contribution in [3.63, 3.8) is 0 Å². The minimum atomic E-state index is -1.11. The highest BCUT2D eigenvalue weighted by Gasteiger charge is 2.41. The highest BCUT2D eigenvalue weighted by Crippen LogP contribution is 2.46. The van der Waals surface area contributed by atoms with E-state index in [4.69, 9.17) is 16.7 Å². The normalized spacial score (nSPS) is 15.5. The molecule has 0 heterocycles. The van der Waals surface area contributed by atoms with Crippen molar-refractivity contribution in [3.8, 4) is 0 Å². The maximum Gasteiger partial charge on any atom is 0.337 e. The molecule has 1 fully saturated rings. The predicted octanol–water partition coefficient (Wildman–Crippen LogP) is 3.06. The van der Waals surface area contributed by atoms with E-state index < -0.39 is 12.0 Å². The first-order chi connectivity index (χ1) is 9.46. The van der Waals surface area contributed by atoms with E-state index in [0.717, 1.165) is 12.8 Å². The molecule has 0 aromatic heterocycles. The Morgan fingerprint density at radius 2 is 2.15 bits per heavy atom. The van der Waals surface area contributed by atoms with Crippen LogP contribution in [0.25, 0.3) is 0 Å². The second kappa shape index (κ2) is 5.93. The number of halogens is 1. The SMILES string of the molecule is CSC1(CNC(=O)Nc2cc(Cl)ccc2C(=O)O)CC1. The Kier molecular flexibility index (Phi) is 4.45. The largest absolute Gasteiger partial charge is 0.478 e. The van der Waals surface area contributed by atoms with Crippen molar-refractivity contribution in [1.82, 2.24) is 5.32 Å². The van der Waals surface area contributed by atoms with Crippen LogP contribution in [-0.2, 0) is 0 Å². The van der Waals surface area contributed by atoms with Crippen LogP contribution in [0.15, 0.2) is 18.2 Å². The first kappa shape index (κ1) is 15.0. The quantitative estimate of drug-likeness (QED) is 0.780. The van der Waals surface area contributed by atoms with E-state index in [9.17, 15) is 9.59 Å². The van der Waals surface area contributed by atoms with Crippen molar-refractivity contribution < 1.29 is 14.7 Å². The van der Waals surface area contributed by atoms with E-state index in [-0.39, 0.29) is 16.0 Å². The number of thioether (sulfide) groups is 1. The number of hydrogen-bond acceptors (Lipinski definition) is 3. The van der Waals surface area contributed by atoms with Crippen LogP contribution in [0.5, 0.6) is 0 Å². The molecular formula is C13H15ClN2O3S. The second-order valence-electron chi connectivity index (χ2n) is 4.69. The van der Waals surface area contributed by atoms with E-state index in [1.54, 1.807) is 11.8 Å². The maximum atomic E-state index is 11.8. The zero-order chi connectivity index (χ0) is 14.8. The lowest BCUT2D eigenvalue weighted by atomic mass is 10.2. The Labute approximate surface area is 126 Å². The first-order valence-electron chi connectivity index (χ1n) is 6.09. The number of aromatic carboxylic acids is 1. The monoisotopic (exact) mass is 314 g/mol. The number of hydrogen-bond donors (Lipinski definition) is 3. The smallest absolute Gasteiger partial charge is 0.337 e. The van der Waals surface area contributed by atoms with Gasteiger partial charge in [0.05, 0.1) is 11.3 Å². The minimum absolute atomic E-state index is 0.00977. The number of carboxylic acid groups (broad SMARTS) is 1. The number of urea groups is 1.